The number of hydrogen-bond donors (Lipinski definition) is 0. The Morgan fingerprint density at radius 1 is 0.920 bits per heavy atom. The molecule has 0 aromatic heterocycles. The van der Waals surface area contributed by atoms with Gasteiger partial charge in [0.25, 0.3) is 19.7 Å². The third-order valence-electron chi connectivity index (χ3n) is 4.58. The lowest BCUT2D eigenvalue weighted by Crippen LogP contribution is -2.35. The van der Waals surface area contributed by atoms with Crippen LogP contribution in [0, 0.1) is 0 Å². The Balaban J connectivity index is 2.08. The highest BCUT2D eigenvalue weighted by Crippen LogP contribution is 2.28. The molecule has 0 atom stereocenters. The molecule has 0 heterocycles. The minimum atomic E-state index is -4.44. The molecular formula is C17H18N2O4S2. The van der Waals surface area contributed by atoms with Crippen molar-refractivity contribution in [3.05, 3.63) is 48.0 Å². The molecule has 0 unspecified atom stereocenters. The molecule has 0 bridgehead atoms. The molecule has 1 fully saturated rings. The highest BCUT2D eigenvalue weighted by Gasteiger charge is 2.47. The fraction of sp³-hybridized carbons (Fsp3) is 0.353. The Bertz CT molecular complexity index is 1060. The van der Waals surface area contributed by atoms with E-state index in [9.17, 15) is 22.4 Å². The summed E-state index contributed by atoms with van der Waals surface area (Å²) in [6.45, 7) is 0. The van der Waals surface area contributed by atoms with E-state index >= 15 is 0 Å². The van der Waals surface area contributed by atoms with Crippen molar-refractivity contribution in [2.24, 2.45) is 0 Å². The standard InChI is InChI=1S/C17H18N2O4S2/c18-19-17(24(20,21)15-8-2-1-3-9-15)25(22,23)16-11-10-13-6-4-5-7-14(13)12-16/h4-7,10-12,15H,1-3,8-9H2. The molecule has 2 aromatic rings. The van der Waals surface area contributed by atoms with Gasteiger partial charge in [0.1, 0.15) is 0 Å². The van der Waals surface area contributed by atoms with Crippen LogP contribution in [0.3, 0.4) is 0 Å². The number of hydrogen-bond acceptors (Lipinski definition) is 4. The summed E-state index contributed by atoms with van der Waals surface area (Å²) in [6.07, 6.45) is 3.13. The summed E-state index contributed by atoms with van der Waals surface area (Å²) in [6, 6.07) is 11.5. The van der Waals surface area contributed by atoms with E-state index in [0.29, 0.717) is 18.2 Å². The molecule has 2 aromatic carbocycles. The number of fused-ring (bicyclic) bond motifs is 1. The van der Waals surface area contributed by atoms with Crippen molar-refractivity contribution in [3.63, 3.8) is 0 Å². The zero-order valence-electron chi connectivity index (χ0n) is 13.5. The van der Waals surface area contributed by atoms with Gasteiger partial charge in [-0.2, -0.15) is 0 Å². The van der Waals surface area contributed by atoms with Crippen molar-refractivity contribution >= 4 is 34.8 Å². The van der Waals surface area contributed by atoms with E-state index in [1.54, 1.807) is 18.2 Å². The predicted molar refractivity (Wildman–Crippen MR) is 95.6 cm³/mol. The van der Waals surface area contributed by atoms with Crippen LogP contribution >= 0.6 is 0 Å². The van der Waals surface area contributed by atoms with Crippen LogP contribution in [0.25, 0.3) is 16.3 Å². The van der Waals surface area contributed by atoms with Gasteiger partial charge in [0, 0.05) is 0 Å². The van der Waals surface area contributed by atoms with Gasteiger partial charge in [0.05, 0.1) is 10.1 Å². The summed E-state index contributed by atoms with van der Waals surface area (Å²) in [5.41, 5.74) is 9.23. The first-order valence-electron chi connectivity index (χ1n) is 8.07. The zero-order chi connectivity index (χ0) is 18.1. The smallest absolute Gasteiger partial charge is 0.359 e. The molecule has 0 saturated heterocycles. The van der Waals surface area contributed by atoms with Crippen LogP contribution in [-0.4, -0.2) is 31.3 Å². The van der Waals surface area contributed by atoms with Crippen LogP contribution in [0.5, 0.6) is 0 Å². The van der Waals surface area contributed by atoms with Crippen LogP contribution in [-0.2, 0) is 19.7 Å². The van der Waals surface area contributed by atoms with Gasteiger partial charge < -0.3 is 5.53 Å². The van der Waals surface area contributed by atoms with Crippen LogP contribution in [0.4, 0.5) is 0 Å². The first kappa shape index (κ1) is 17.8. The highest BCUT2D eigenvalue weighted by atomic mass is 32.3. The number of sulfone groups is 2. The maximum absolute atomic E-state index is 12.8. The fourth-order valence-corrected chi connectivity index (χ4v) is 7.33. The lowest BCUT2D eigenvalue weighted by molar-refractivity contribution is 0.00370. The van der Waals surface area contributed by atoms with Crippen molar-refractivity contribution in [3.8, 4) is 0 Å². The molecular weight excluding hydrogens is 360 g/mol. The average Bonchev–Trinajstić information content (AvgIpc) is 2.62. The van der Waals surface area contributed by atoms with Crippen LogP contribution in [0.1, 0.15) is 32.1 Å². The third-order valence-corrected chi connectivity index (χ3v) is 9.27. The summed E-state index contributed by atoms with van der Waals surface area (Å²) in [7, 11) is -8.66. The molecule has 0 N–H and O–H groups in total. The first-order chi connectivity index (χ1) is 11.9. The lowest BCUT2D eigenvalue weighted by Gasteiger charge is -2.19. The van der Waals surface area contributed by atoms with Crippen molar-refractivity contribution in [1.82, 2.24) is 0 Å². The minimum Gasteiger partial charge on any atom is -0.359 e. The van der Waals surface area contributed by atoms with Gasteiger partial charge in [0.2, 0.25) is 0 Å². The molecule has 0 amide bonds. The normalized spacial score (nSPS) is 16.5. The molecule has 0 spiro atoms. The van der Waals surface area contributed by atoms with Gasteiger partial charge in [-0.25, -0.2) is 16.8 Å². The van der Waals surface area contributed by atoms with Gasteiger partial charge in [-0.15, -0.1) is 4.79 Å². The van der Waals surface area contributed by atoms with Crippen molar-refractivity contribution in [2.45, 2.75) is 42.2 Å². The monoisotopic (exact) mass is 378 g/mol. The Labute approximate surface area is 146 Å². The van der Waals surface area contributed by atoms with Gasteiger partial charge in [-0.3, -0.25) is 0 Å². The Morgan fingerprint density at radius 2 is 1.56 bits per heavy atom. The Morgan fingerprint density at radius 3 is 2.20 bits per heavy atom. The van der Waals surface area contributed by atoms with E-state index in [-0.39, 0.29) is 4.90 Å². The number of nitrogens with zero attached hydrogens (tertiary/aromatic N) is 2. The molecule has 3 rings (SSSR count). The Hall–Kier alpha value is -2.02. The van der Waals surface area contributed by atoms with Gasteiger partial charge in [-0.05, 0) is 35.7 Å². The van der Waals surface area contributed by atoms with E-state index in [2.05, 4.69) is 4.79 Å². The number of rotatable bonds is 2. The maximum Gasteiger partial charge on any atom is 0.499 e. The molecule has 25 heavy (non-hydrogen) atoms. The molecule has 1 saturated carbocycles. The third kappa shape index (κ3) is 3.25. The molecule has 8 heteroatoms. The zero-order valence-corrected chi connectivity index (χ0v) is 15.1. The second-order valence-electron chi connectivity index (χ2n) is 6.18. The number of benzene rings is 2. The molecule has 0 radical (unpaired) electrons. The summed E-state index contributed by atoms with van der Waals surface area (Å²) in [5.74, 6) is 0. The second kappa shape index (κ2) is 6.71. The molecule has 6 nitrogen and oxygen atoms in total. The quantitative estimate of drug-likeness (QED) is 0.347. The summed E-state index contributed by atoms with van der Waals surface area (Å²) < 4.78 is 50.0. The molecule has 132 valence electrons. The van der Waals surface area contributed by atoms with E-state index in [1.807, 2.05) is 12.1 Å². The highest BCUT2D eigenvalue weighted by molar-refractivity contribution is 8.31. The SMILES string of the molecule is [N-]=[N+]=C(S(=O)(=O)c1ccc2ccccc2c1)S(=O)(=O)C1CCCCC1. The van der Waals surface area contributed by atoms with Crippen molar-refractivity contribution in [2.75, 3.05) is 0 Å². The Kier molecular flexibility index (Phi) is 4.77. The average molecular weight is 378 g/mol. The second-order valence-corrected chi connectivity index (χ2v) is 10.5. The fourth-order valence-electron chi connectivity index (χ4n) is 3.22. The van der Waals surface area contributed by atoms with Crippen LogP contribution < -0.4 is 0 Å². The van der Waals surface area contributed by atoms with E-state index < -0.39 is 29.3 Å². The predicted octanol–water partition coefficient (Wildman–Crippen LogP) is 2.95. The van der Waals surface area contributed by atoms with E-state index in [0.717, 1.165) is 24.6 Å². The van der Waals surface area contributed by atoms with E-state index in [4.69, 9.17) is 0 Å². The largest absolute Gasteiger partial charge is 0.499 e. The summed E-state index contributed by atoms with van der Waals surface area (Å²) in [5, 5.41) is 0.678. The van der Waals surface area contributed by atoms with Crippen LogP contribution in [0.15, 0.2) is 47.4 Å². The summed E-state index contributed by atoms with van der Waals surface area (Å²) in [4.78, 5) is 2.51. The van der Waals surface area contributed by atoms with Crippen molar-refractivity contribution < 1.29 is 21.6 Å². The van der Waals surface area contributed by atoms with Gasteiger partial charge >= 0.3 is 4.38 Å². The van der Waals surface area contributed by atoms with Crippen molar-refractivity contribution in [1.29, 1.82) is 0 Å². The molecule has 1 aliphatic carbocycles. The van der Waals surface area contributed by atoms with Gasteiger partial charge in [-0.1, -0.05) is 49.6 Å². The lowest BCUT2D eigenvalue weighted by atomic mass is 10.0. The van der Waals surface area contributed by atoms with Crippen LogP contribution in [0.2, 0.25) is 0 Å². The summed E-state index contributed by atoms with van der Waals surface area (Å²) >= 11 is 0. The first-order valence-corrected chi connectivity index (χ1v) is 11.1. The molecule has 1 aliphatic rings. The topological polar surface area (TPSA) is 105 Å². The minimum absolute atomic E-state index is 0.196. The molecule has 0 aliphatic heterocycles. The van der Waals surface area contributed by atoms with Gasteiger partial charge in [0.15, 0.2) is 0 Å². The van der Waals surface area contributed by atoms with E-state index in [1.165, 1.54) is 12.1 Å². The maximum atomic E-state index is 12.8.